The van der Waals surface area contributed by atoms with Gasteiger partial charge < -0.3 is 15.3 Å². The van der Waals surface area contributed by atoms with Crippen molar-refractivity contribution in [1.29, 1.82) is 0 Å². The van der Waals surface area contributed by atoms with Crippen molar-refractivity contribution in [2.45, 2.75) is 84.0 Å². The number of carboxylic acids is 1. The van der Waals surface area contributed by atoms with Crippen molar-refractivity contribution >= 4 is 5.97 Å². The molecule has 0 bridgehead atoms. The molecule has 26 heavy (non-hydrogen) atoms. The van der Waals surface area contributed by atoms with E-state index in [4.69, 9.17) is 0 Å². The summed E-state index contributed by atoms with van der Waals surface area (Å²) in [5.74, 6) is -0.131. The molecule has 2 saturated carbocycles. The summed E-state index contributed by atoms with van der Waals surface area (Å²) in [6, 6.07) is 3.15. The summed E-state index contributed by atoms with van der Waals surface area (Å²) in [6.45, 7) is 2.34. The SMILES string of the molecule is CC1(CCCCc2c(O)ccc(O)c2CCCCC2(C(=O)O)CC2)CC1. The van der Waals surface area contributed by atoms with Gasteiger partial charge in [-0.25, -0.2) is 0 Å². The number of aliphatic carboxylic acids is 1. The van der Waals surface area contributed by atoms with Gasteiger partial charge in [-0.05, 0) is 81.8 Å². The average Bonchev–Trinajstić information content (AvgIpc) is 3.51. The Morgan fingerprint density at radius 2 is 1.38 bits per heavy atom. The minimum absolute atomic E-state index is 0.256. The number of hydrogen-bond acceptors (Lipinski definition) is 3. The van der Waals surface area contributed by atoms with Crippen LogP contribution < -0.4 is 0 Å². The summed E-state index contributed by atoms with van der Waals surface area (Å²) >= 11 is 0. The lowest BCUT2D eigenvalue weighted by Crippen LogP contribution is -2.14. The lowest BCUT2D eigenvalue weighted by atomic mass is 9.92. The van der Waals surface area contributed by atoms with Gasteiger partial charge in [0.05, 0.1) is 5.41 Å². The highest BCUT2D eigenvalue weighted by molar-refractivity contribution is 5.77. The molecule has 0 radical (unpaired) electrons. The number of phenolic OH excluding ortho intramolecular Hbond substituents is 2. The molecular formula is C22H32O4. The fourth-order valence-electron chi connectivity index (χ4n) is 4.03. The van der Waals surface area contributed by atoms with Crippen molar-refractivity contribution in [1.82, 2.24) is 0 Å². The largest absolute Gasteiger partial charge is 0.508 e. The zero-order valence-electron chi connectivity index (χ0n) is 15.9. The van der Waals surface area contributed by atoms with Crippen molar-refractivity contribution < 1.29 is 20.1 Å². The molecular weight excluding hydrogens is 328 g/mol. The lowest BCUT2D eigenvalue weighted by Gasteiger charge is -2.15. The van der Waals surface area contributed by atoms with Crippen LogP contribution in [0.2, 0.25) is 0 Å². The number of carbonyl (C=O) groups is 1. The van der Waals surface area contributed by atoms with Crippen molar-refractivity contribution in [2.24, 2.45) is 10.8 Å². The van der Waals surface area contributed by atoms with Crippen LogP contribution in [0.4, 0.5) is 0 Å². The van der Waals surface area contributed by atoms with Gasteiger partial charge >= 0.3 is 5.97 Å². The fourth-order valence-corrected chi connectivity index (χ4v) is 4.03. The third-order valence-corrected chi connectivity index (χ3v) is 6.58. The number of benzene rings is 1. The topological polar surface area (TPSA) is 77.8 Å². The van der Waals surface area contributed by atoms with Gasteiger partial charge in [-0.1, -0.05) is 19.8 Å². The molecule has 0 unspecified atom stereocenters. The summed E-state index contributed by atoms with van der Waals surface area (Å²) < 4.78 is 0. The first kappa shape index (κ1) is 19.1. The second-order valence-electron chi connectivity index (χ2n) is 8.87. The number of phenols is 2. The van der Waals surface area contributed by atoms with Gasteiger partial charge in [-0.2, -0.15) is 0 Å². The van der Waals surface area contributed by atoms with Gasteiger partial charge in [0.15, 0.2) is 0 Å². The van der Waals surface area contributed by atoms with Gasteiger partial charge in [0, 0.05) is 11.1 Å². The van der Waals surface area contributed by atoms with Crippen molar-refractivity contribution in [3.63, 3.8) is 0 Å². The average molecular weight is 360 g/mol. The highest BCUT2D eigenvalue weighted by Gasteiger charge is 2.49. The quantitative estimate of drug-likeness (QED) is 0.375. The molecule has 0 aliphatic heterocycles. The normalized spacial score (nSPS) is 19.3. The predicted molar refractivity (Wildman–Crippen MR) is 102 cm³/mol. The molecule has 0 aromatic heterocycles. The number of hydrogen-bond donors (Lipinski definition) is 3. The lowest BCUT2D eigenvalue weighted by molar-refractivity contribution is -0.143. The number of unbranched alkanes of at least 4 members (excludes halogenated alkanes) is 2. The molecule has 1 aromatic carbocycles. The first-order valence-corrected chi connectivity index (χ1v) is 10.1. The van der Waals surface area contributed by atoms with Gasteiger partial charge in [-0.3, -0.25) is 4.79 Å². The van der Waals surface area contributed by atoms with Gasteiger partial charge in [0.1, 0.15) is 11.5 Å². The third kappa shape index (κ3) is 4.52. The first-order chi connectivity index (χ1) is 12.4. The Bertz CT molecular complexity index is 656. The second-order valence-corrected chi connectivity index (χ2v) is 8.87. The van der Waals surface area contributed by atoms with Crippen LogP contribution in [0.25, 0.3) is 0 Å². The zero-order valence-corrected chi connectivity index (χ0v) is 15.9. The zero-order chi connectivity index (χ0) is 18.8. The molecule has 144 valence electrons. The molecule has 0 saturated heterocycles. The number of rotatable bonds is 11. The van der Waals surface area contributed by atoms with E-state index in [2.05, 4.69) is 6.92 Å². The van der Waals surface area contributed by atoms with E-state index in [1.54, 1.807) is 12.1 Å². The van der Waals surface area contributed by atoms with E-state index in [1.807, 2.05) is 0 Å². The highest BCUT2D eigenvalue weighted by atomic mass is 16.4. The van der Waals surface area contributed by atoms with Crippen LogP contribution in [0.5, 0.6) is 11.5 Å². The number of carboxylic acid groups (broad SMARTS) is 1. The first-order valence-electron chi connectivity index (χ1n) is 10.1. The smallest absolute Gasteiger partial charge is 0.309 e. The number of aromatic hydroxyl groups is 2. The maximum Gasteiger partial charge on any atom is 0.309 e. The molecule has 2 fully saturated rings. The standard InChI is InChI=1S/C22H32O4/c1-21(12-13-21)10-4-2-6-16-17(19(24)9-8-18(16)23)7-3-5-11-22(14-15-22)20(25)26/h8-9,23-24H,2-7,10-15H2,1H3,(H,25,26). The fraction of sp³-hybridized carbons (Fsp3) is 0.682. The van der Waals surface area contributed by atoms with E-state index >= 15 is 0 Å². The molecule has 3 N–H and O–H groups in total. The van der Waals surface area contributed by atoms with Gasteiger partial charge in [-0.15, -0.1) is 0 Å². The van der Waals surface area contributed by atoms with E-state index in [0.29, 0.717) is 11.8 Å². The van der Waals surface area contributed by atoms with E-state index in [9.17, 15) is 20.1 Å². The Hall–Kier alpha value is -1.71. The summed E-state index contributed by atoms with van der Waals surface area (Å²) in [7, 11) is 0. The summed E-state index contributed by atoms with van der Waals surface area (Å²) in [5, 5.41) is 29.8. The molecule has 1 aromatic rings. The molecule has 0 atom stereocenters. The molecule has 0 heterocycles. The van der Waals surface area contributed by atoms with E-state index < -0.39 is 11.4 Å². The van der Waals surface area contributed by atoms with Crippen molar-refractivity contribution in [3.05, 3.63) is 23.3 Å². The summed E-state index contributed by atoms with van der Waals surface area (Å²) in [6.07, 6.45) is 11.6. The maximum atomic E-state index is 11.2. The van der Waals surface area contributed by atoms with E-state index in [-0.39, 0.29) is 11.5 Å². The Balaban J connectivity index is 1.51. The second kappa shape index (κ2) is 7.50. The van der Waals surface area contributed by atoms with Crippen LogP contribution in [0.3, 0.4) is 0 Å². The maximum absolute atomic E-state index is 11.2. The molecule has 2 aliphatic rings. The van der Waals surface area contributed by atoms with Gasteiger partial charge in [0.25, 0.3) is 0 Å². The Morgan fingerprint density at radius 3 is 1.81 bits per heavy atom. The van der Waals surface area contributed by atoms with E-state index in [0.717, 1.165) is 62.5 Å². The summed E-state index contributed by atoms with van der Waals surface area (Å²) in [5.41, 5.74) is 1.82. The molecule has 0 spiro atoms. The van der Waals surface area contributed by atoms with E-state index in [1.165, 1.54) is 19.3 Å². The van der Waals surface area contributed by atoms with Crippen molar-refractivity contribution in [3.8, 4) is 11.5 Å². The molecule has 0 amide bonds. The molecule has 4 nitrogen and oxygen atoms in total. The van der Waals surface area contributed by atoms with Crippen LogP contribution in [0.15, 0.2) is 12.1 Å². The van der Waals surface area contributed by atoms with Gasteiger partial charge in [0.2, 0.25) is 0 Å². The van der Waals surface area contributed by atoms with Crippen LogP contribution in [-0.2, 0) is 17.6 Å². The van der Waals surface area contributed by atoms with Crippen LogP contribution in [-0.4, -0.2) is 21.3 Å². The minimum Gasteiger partial charge on any atom is -0.508 e. The monoisotopic (exact) mass is 360 g/mol. The third-order valence-electron chi connectivity index (χ3n) is 6.58. The Labute approximate surface area is 156 Å². The molecule has 4 heteroatoms. The predicted octanol–water partition coefficient (Wildman–Crippen LogP) is 5.19. The van der Waals surface area contributed by atoms with Crippen LogP contribution >= 0.6 is 0 Å². The highest BCUT2D eigenvalue weighted by Crippen LogP contribution is 2.50. The minimum atomic E-state index is -0.664. The Morgan fingerprint density at radius 1 is 0.885 bits per heavy atom. The molecule has 2 aliphatic carbocycles. The van der Waals surface area contributed by atoms with Crippen molar-refractivity contribution in [2.75, 3.05) is 0 Å². The Kier molecular flexibility index (Phi) is 5.50. The van der Waals surface area contributed by atoms with Crippen LogP contribution in [0, 0.1) is 10.8 Å². The van der Waals surface area contributed by atoms with Crippen LogP contribution in [0.1, 0.15) is 82.3 Å². The summed E-state index contributed by atoms with van der Waals surface area (Å²) in [4.78, 5) is 11.2. The molecule has 3 rings (SSSR count).